The van der Waals surface area contributed by atoms with Crippen LogP contribution in [0.4, 0.5) is 0 Å². The van der Waals surface area contributed by atoms with Crippen LogP contribution in [0.25, 0.3) is 0 Å². The number of nitrogens with one attached hydrogen (secondary N) is 1. The van der Waals surface area contributed by atoms with E-state index in [1.807, 2.05) is 6.07 Å². The van der Waals surface area contributed by atoms with Crippen LogP contribution in [0.15, 0.2) is 30.3 Å². The van der Waals surface area contributed by atoms with E-state index in [2.05, 4.69) is 5.09 Å². The number of hydrogen-bond acceptors (Lipinski definition) is 4. The molecule has 0 aliphatic carbocycles. The highest BCUT2D eigenvalue weighted by molar-refractivity contribution is 7.58. The van der Waals surface area contributed by atoms with Gasteiger partial charge >= 0.3 is 13.5 Å². The summed E-state index contributed by atoms with van der Waals surface area (Å²) in [5.74, 6) is 0.0639. The molecule has 1 aromatic carbocycles. The first-order chi connectivity index (χ1) is 9.74. The zero-order chi connectivity index (χ0) is 16.0. The van der Waals surface area contributed by atoms with Crippen molar-refractivity contribution >= 4 is 13.5 Å². The summed E-state index contributed by atoms with van der Waals surface area (Å²) in [7, 11) is -3.22. The summed E-state index contributed by atoms with van der Waals surface area (Å²) in [4.78, 5) is 11.8. The lowest BCUT2D eigenvalue weighted by atomic mass is 10.3. The molecule has 0 aromatic heterocycles. The fraction of sp³-hybridized carbons (Fsp3) is 0.533. The van der Waals surface area contributed by atoms with Crippen molar-refractivity contribution in [3.63, 3.8) is 0 Å². The van der Waals surface area contributed by atoms with Gasteiger partial charge in [0.2, 0.25) is 0 Å². The summed E-state index contributed by atoms with van der Waals surface area (Å²) in [6.45, 7) is 8.74. The lowest BCUT2D eigenvalue weighted by Gasteiger charge is -2.26. The van der Waals surface area contributed by atoms with Gasteiger partial charge in [-0.3, -0.25) is 9.36 Å². The van der Waals surface area contributed by atoms with Crippen molar-refractivity contribution in [1.29, 1.82) is 0 Å². The van der Waals surface area contributed by atoms with Crippen molar-refractivity contribution in [1.82, 2.24) is 5.09 Å². The highest BCUT2D eigenvalue weighted by atomic mass is 31.2. The second kappa shape index (κ2) is 7.62. The number of carbonyl (C=O) groups is 1. The Labute approximate surface area is 126 Å². The third-order valence-corrected chi connectivity index (χ3v) is 5.33. The Kier molecular flexibility index (Phi) is 6.43. The topological polar surface area (TPSA) is 64.6 Å². The molecule has 0 saturated heterocycles. The predicted octanol–water partition coefficient (Wildman–Crippen LogP) is 3.60. The minimum atomic E-state index is -3.22. The van der Waals surface area contributed by atoms with Crippen LogP contribution in [0.1, 0.15) is 34.6 Å². The molecule has 1 N–H and O–H groups in total. The van der Waals surface area contributed by atoms with Crippen LogP contribution in [-0.4, -0.2) is 23.8 Å². The molecule has 1 rings (SSSR count). The molecule has 1 unspecified atom stereocenters. The van der Waals surface area contributed by atoms with Gasteiger partial charge in [-0.15, -0.1) is 0 Å². The van der Waals surface area contributed by atoms with Gasteiger partial charge < -0.3 is 9.26 Å². The second-order valence-electron chi connectivity index (χ2n) is 5.43. The van der Waals surface area contributed by atoms with E-state index >= 15 is 0 Å². The SMILES string of the molecule is CC(C)OC(=O)[C@@H](C)NP(=O)(Oc1ccccc1)C(C)C. The molecule has 0 bridgehead atoms. The number of para-hydroxylation sites is 1. The predicted molar refractivity (Wildman–Crippen MR) is 83.6 cm³/mol. The third kappa shape index (κ3) is 5.52. The van der Waals surface area contributed by atoms with Crippen molar-refractivity contribution in [2.75, 3.05) is 0 Å². The summed E-state index contributed by atoms with van der Waals surface area (Å²) in [6.07, 6.45) is -0.213. The normalized spacial score (nSPS) is 15.6. The molecular formula is C15H24NO4P. The van der Waals surface area contributed by atoms with E-state index in [4.69, 9.17) is 9.26 Å². The Bertz CT molecular complexity index is 502. The fourth-order valence-electron chi connectivity index (χ4n) is 1.58. The van der Waals surface area contributed by atoms with Crippen molar-refractivity contribution in [3.8, 4) is 5.75 Å². The molecule has 2 atom stereocenters. The zero-order valence-corrected chi connectivity index (χ0v) is 14.1. The molecule has 118 valence electrons. The molecule has 0 spiro atoms. The molecule has 0 saturated carbocycles. The van der Waals surface area contributed by atoms with Crippen LogP contribution in [0.5, 0.6) is 5.75 Å². The summed E-state index contributed by atoms with van der Waals surface area (Å²) in [5, 5.41) is 2.81. The minimum Gasteiger partial charge on any atom is -0.462 e. The van der Waals surface area contributed by atoms with E-state index in [-0.39, 0.29) is 11.8 Å². The standard InChI is InChI=1S/C15H24NO4P/c1-11(2)19-15(17)13(5)16-21(18,12(3)4)20-14-9-7-6-8-10-14/h6-13H,1-5H3,(H,16,18)/t13-,21?/m1/s1. The highest BCUT2D eigenvalue weighted by Gasteiger charge is 2.33. The highest BCUT2D eigenvalue weighted by Crippen LogP contribution is 2.48. The van der Waals surface area contributed by atoms with Gasteiger partial charge in [-0.25, -0.2) is 5.09 Å². The average Bonchev–Trinajstić information content (AvgIpc) is 2.38. The molecule has 0 amide bonds. The number of rotatable bonds is 7. The molecule has 1 aromatic rings. The van der Waals surface area contributed by atoms with E-state index in [1.165, 1.54) is 0 Å². The van der Waals surface area contributed by atoms with Gasteiger partial charge in [0.1, 0.15) is 11.8 Å². The molecule has 21 heavy (non-hydrogen) atoms. The van der Waals surface area contributed by atoms with Gasteiger partial charge in [0, 0.05) is 0 Å². The van der Waals surface area contributed by atoms with Crippen LogP contribution in [0.3, 0.4) is 0 Å². The largest absolute Gasteiger partial charge is 0.462 e. The molecule has 0 aliphatic rings. The van der Waals surface area contributed by atoms with E-state index < -0.39 is 19.5 Å². The molecule has 0 radical (unpaired) electrons. The number of ether oxygens (including phenoxy) is 1. The molecule has 0 fully saturated rings. The number of hydrogen-bond donors (Lipinski definition) is 1. The zero-order valence-electron chi connectivity index (χ0n) is 13.2. The minimum absolute atomic E-state index is 0.213. The first kappa shape index (κ1) is 17.7. The molecule has 0 heterocycles. The fourth-order valence-corrected chi connectivity index (χ4v) is 3.22. The van der Waals surface area contributed by atoms with E-state index in [9.17, 15) is 9.36 Å². The molecule has 0 aliphatic heterocycles. The van der Waals surface area contributed by atoms with Crippen LogP contribution >= 0.6 is 7.52 Å². The Morgan fingerprint density at radius 3 is 2.14 bits per heavy atom. The average molecular weight is 313 g/mol. The van der Waals surface area contributed by atoms with Gasteiger partial charge in [0.05, 0.1) is 11.8 Å². The number of carbonyl (C=O) groups excluding carboxylic acids is 1. The van der Waals surface area contributed by atoms with Crippen LogP contribution < -0.4 is 9.61 Å². The van der Waals surface area contributed by atoms with Crippen LogP contribution in [-0.2, 0) is 14.1 Å². The van der Waals surface area contributed by atoms with Crippen LogP contribution in [0.2, 0.25) is 0 Å². The Morgan fingerprint density at radius 1 is 1.10 bits per heavy atom. The van der Waals surface area contributed by atoms with Gasteiger partial charge in [-0.2, -0.15) is 0 Å². The van der Waals surface area contributed by atoms with Crippen molar-refractivity contribution in [2.24, 2.45) is 0 Å². The maximum atomic E-state index is 12.9. The molecular weight excluding hydrogens is 289 g/mol. The van der Waals surface area contributed by atoms with E-state index in [1.54, 1.807) is 58.9 Å². The Morgan fingerprint density at radius 2 is 1.67 bits per heavy atom. The van der Waals surface area contributed by atoms with E-state index in [0.717, 1.165) is 0 Å². The van der Waals surface area contributed by atoms with Crippen LogP contribution in [0, 0.1) is 0 Å². The maximum Gasteiger partial charge on any atom is 0.323 e. The quantitative estimate of drug-likeness (QED) is 0.615. The third-order valence-electron chi connectivity index (χ3n) is 2.74. The number of benzene rings is 1. The van der Waals surface area contributed by atoms with Gasteiger partial charge in [-0.1, -0.05) is 32.0 Å². The maximum absolute atomic E-state index is 12.9. The second-order valence-corrected chi connectivity index (χ2v) is 8.10. The van der Waals surface area contributed by atoms with E-state index in [0.29, 0.717) is 5.75 Å². The summed E-state index contributed by atoms with van der Waals surface area (Å²) in [6, 6.07) is 8.21. The van der Waals surface area contributed by atoms with Crippen molar-refractivity contribution < 1.29 is 18.6 Å². The lowest BCUT2D eigenvalue weighted by Crippen LogP contribution is -2.37. The van der Waals surface area contributed by atoms with Crippen molar-refractivity contribution in [2.45, 2.75) is 52.4 Å². The smallest absolute Gasteiger partial charge is 0.323 e. The summed E-state index contributed by atoms with van der Waals surface area (Å²) in [5.41, 5.74) is -0.271. The lowest BCUT2D eigenvalue weighted by molar-refractivity contribution is -0.149. The number of esters is 1. The Hall–Kier alpha value is -1.32. The van der Waals surface area contributed by atoms with Crippen molar-refractivity contribution in [3.05, 3.63) is 30.3 Å². The first-order valence-corrected chi connectivity index (χ1v) is 8.76. The first-order valence-electron chi connectivity index (χ1n) is 7.07. The molecule has 5 nitrogen and oxygen atoms in total. The van der Waals surface area contributed by atoms with Gasteiger partial charge in [0.15, 0.2) is 0 Å². The Balaban J connectivity index is 2.81. The van der Waals surface area contributed by atoms with Gasteiger partial charge in [-0.05, 0) is 32.9 Å². The van der Waals surface area contributed by atoms with Gasteiger partial charge in [0.25, 0.3) is 0 Å². The monoisotopic (exact) mass is 313 g/mol. The molecule has 6 heteroatoms. The summed E-state index contributed by atoms with van der Waals surface area (Å²) >= 11 is 0. The summed E-state index contributed by atoms with van der Waals surface area (Å²) < 4.78 is 23.7.